The lowest BCUT2D eigenvalue weighted by Gasteiger charge is -2.26. The molecule has 18 heavy (non-hydrogen) atoms. The van der Waals surface area contributed by atoms with Crippen LogP contribution >= 0.6 is 0 Å². The minimum absolute atomic E-state index is 0.902. The monoisotopic (exact) mass is 252 g/mol. The van der Waals surface area contributed by atoms with Gasteiger partial charge >= 0.3 is 0 Å². The van der Waals surface area contributed by atoms with Crippen LogP contribution in [0, 0.1) is 35.5 Å². The molecular weight excluding hydrogens is 216 g/mol. The predicted octanol–water partition coefficient (Wildman–Crippen LogP) is 6.16. The Morgan fingerprint density at radius 1 is 0.778 bits per heavy atom. The molecule has 0 heterocycles. The summed E-state index contributed by atoms with van der Waals surface area (Å²) in [7, 11) is 0. The molecule has 108 valence electrons. The lowest BCUT2D eigenvalue weighted by atomic mass is 9.79. The van der Waals surface area contributed by atoms with Crippen molar-refractivity contribution >= 4 is 0 Å². The number of rotatable bonds is 9. The first-order valence-corrected chi connectivity index (χ1v) is 8.43. The summed E-state index contributed by atoms with van der Waals surface area (Å²) in [6.07, 6.45) is 8.68. The number of hydrogen-bond donors (Lipinski definition) is 0. The highest BCUT2D eigenvalue weighted by Crippen LogP contribution is 2.40. The molecule has 0 heteroatoms. The Hall–Kier alpha value is 0. The van der Waals surface area contributed by atoms with Gasteiger partial charge in [-0.15, -0.1) is 0 Å². The molecule has 0 radical (unpaired) electrons. The van der Waals surface area contributed by atoms with Crippen LogP contribution in [-0.4, -0.2) is 0 Å². The van der Waals surface area contributed by atoms with Crippen LogP contribution in [0.2, 0.25) is 0 Å². The second-order valence-electron chi connectivity index (χ2n) is 7.59. The highest BCUT2D eigenvalue weighted by molar-refractivity contribution is 4.80. The Balaban J connectivity index is 2.22. The Morgan fingerprint density at radius 2 is 1.28 bits per heavy atom. The summed E-state index contributed by atoms with van der Waals surface area (Å²) >= 11 is 0. The third-order valence-corrected chi connectivity index (χ3v) is 5.42. The summed E-state index contributed by atoms with van der Waals surface area (Å²) in [4.78, 5) is 0. The maximum atomic E-state index is 2.48. The molecule has 0 saturated heterocycles. The third kappa shape index (κ3) is 5.76. The Kier molecular flexibility index (Phi) is 6.74. The smallest absolute Gasteiger partial charge is 0.0388 e. The van der Waals surface area contributed by atoms with Gasteiger partial charge in [-0.1, -0.05) is 48.0 Å². The fourth-order valence-corrected chi connectivity index (χ4v) is 3.49. The molecule has 0 aromatic rings. The van der Waals surface area contributed by atoms with Crippen molar-refractivity contribution < 1.29 is 0 Å². The Labute approximate surface area is 116 Å². The molecule has 0 aromatic heterocycles. The van der Waals surface area contributed by atoms with E-state index >= 15 is 0 Å². The van der Waals surface area contributed by atoms with Gasteiger partial charge in [-0.2, -0.15) is 0 Å². The van der Waals surface area contributed by atoms with Gasteiger partial charge in [0.25, 0.3) is 0 Å². The zero-order valence-corrected chi connectivity index (χ0v) is 13.7. The van der Waals surface area contributed by atoms with E-state index in [1.54, 1.807) is 0 Å². The molecule has 0 N–H and O–H groups in total. The standard InChI is InChI=1S/C18H36/c1-7-13(2)10-15(4)16(5)11-14(3)12-17(6)18-8-9-18/h13-18H,7-12H2,1-6H3. The van der Waals surface area contributed by atoms with Crippen LogP contribution in [0.5, 0.6) is 0 Å². The normalized spacial score (nSPS) is 24.3. The largest absolute Gasteiger partial charge is 0.0651 e. The van der Waals surface area contributed by atoms with Gasteiger partial charge in [-0.3, -0.25) is 0 Å². The SMILES string of the molecule is CCC(C)CC(C)C(C)CC(C)CC(C)C1CC1. The third-order valence-electron chi connectivity index (χ3n) is 5.42. The van der Waals surface area contributed by atoms with Crippen LogP contribution in [0.15, 0.2) is 0 Å². The van der Waals surface area contributed by atoms with E-state index in [1.165, 1.54) is 38.5 Å². The van der Waals surface area contributed by atoms with Crippen LogP contribution in [0.4, 0.5) is 0 Å². The molecule has 5 atom stereocenters. The topological polar surface area (TPSA) is 0 Å². The lowest BCUT2D eigenvalue weighted by molar-refractivity contribution is 0.245. The van der Waals surface area contributed by atoms with Crippen molar-refractivity contribution in [1.29, 1.82) is 0 Å². The van der Waals surface area contributed by atoms with Gasteiger partial charge in [0.05, 0.1) is 0 Å². The van der Waals surface area contributed by atoms with E-state index in [0.29, 0.717) is 0 Å². The molecule has 0 spiro atoms. The fraction of sp³-hybridized carbons (Fsp3) is 1.00. The van der Waals surface area contributed by atoms with Gasteiger partial charge in [0, 0.05) is 0 Å². The van der Waals surface area contributed by atoms with Crippen LogP contribution in [0.3, 0.4) is 0 Å². The van der Waals surface area contributed by atoms with Crippen LogP contribution in [0.1, 0.15) is 80.1 Å². The van der Waals surface area contributed by atoms with Crippen molar-refractivity contribution in [2.45, 2.75) is 80.1 Å². The van der Waals surface area contributed by atoms with E-state index < -0.39 is 0 Å². The first-order valence-electron chi connectivity index (χ1n) is 8.43. The van der Waals surface area contributed by atoms with Crippen molar-refractivity contribution in [3.63, 3.8) is 0 Å². The molecular formula is C18H36. The summed E-state index contributed by atoms with van der Waals surface area (Å²) in [5.41, 5.74) is 0. The van der Waals surface area contributed by atoms with Crippen molar-refractivity contribution in [2.24, 2.45) is 35.5 Å². The summed E-state index contributed by atoms with van der Waals surface area (Å²) < 4.78 is 0. The fourth-order valence-electron chi connectivity index (χ4n) is 3.49. The quantitative estimate of drug-likeness (QED) is 0.461. The first-order chi connectivity index (χ1) is 8.43. The van der Waals surface area contributed by atoms with Gasteiger partial charge in [-0.05, 0) is 67.6 Å². The zero-order valence-electron chi connectivity index (χ0n) is 13.7. The molecule has 1 saturated carbocycles. The second-order valence-corrected chi connectivity index (χ2v) is 7.59. The molecule has 1 aliphatic carbocycles. The first kappa shape index (κ1) is 16.1. The van der Waals surface area contributed by atoms with Gasteiger partial charge in [0.15, 0.2) is 0 Å². The van der Waals surface area contributed by atoms with Crippen LogP contribution < -0.4 is 0 Å². The average Bonchev–Trinajstić information content (AvgIpc) is 3.11. The summed E-state index contributed by atoms with van der Waals surface area (Å²) in [6.45, 7) is 14.6. The number of hydrogen-bond acceptors (Lipinski definition) is 0. The molecule has 0 aliphatic heterocycles. The summed E-state index contributed by atoms with van der Waals surface area (Å²) in [5.74, 6) is 5.70. The molecule has 1 aliphatic rings. The highest BCUT2D eigenvalue weighted by atomic mass is 14.3. The van der Waals surface area contributed by atoms with Crippen LogP contribution in [-0.2, 0) is 0 Å². The molecule has 1 fully saturated rings. The predicted molar refractivity (Wildman–Crippen MR) is 82.7 cm³/mol. The van der Waals surface area contributed by atoms with E-state index in [4.69, 9.17) is 0 Å². The summed E-state index contributed by atoms with van der Waals surface area (Å²) in [6, 6.07) is 0. The lowest BCUT2D eigenvalue weighted by Crippen LogP contribution is -2.16. The second kappa shape index (κ2) is 7.56. The summed E-state index contributed by atoms with van der Waals surface area (Å²) in [5, 5.41) is 0. The molecule has 0 amide bonds. The van der Waals surface area contributed by atoms with Gasteiger partial charge < -0.3 is 0 Å². The molecule has 0 nitrogen and oxygen atoms in total. The van der Waals surface area contributed by atoms with Gasteiger partial charge in [0.1, 0.15) is 0 Å². The van der Waals surface area contributed by atoms with Crippen molar-refractivity contribution in [1.82, 2.24) is 0 Å². The van der Waals surface area contributed by atoms with Crippen LogP contribution in [0.25, 0.3) is 0 Å². The highest BCUT2D eigenvalue weighted by Gasteiger charge is 2.29. The maximum Gasteiger partial charge on any atom is -0.0388 e. The molecule has 0 bridgehead atoms. The minimum atomic E-state index is 0.902. The van der Waals surface area contributed by atoms with E-state index in [9.17, 15) is 0 Å². The van der Waals surface area contributed by atoms with Crippen molar-refractivity contribution in [3.8, 4) is 0 Å². The van der Waals surface area contributed by atoms with E-state index in [1.807, 2.05) is 0 Å². The van der Waals surface area contributed by atoms with E-state index in [-0.39, 0.29) is 0 Å². The Bertz CT molecular complexity index is 216. The molecule has 5 unspecified atom stereocenters. The van der Waals surface area contributed by atoms with E-state index in [2.05, 4.69) is 41.5 Å². The molecule has 1 rings (SSSR count). The zero-order chi connectivity index (χ0) is 13.7. The van der Waals surface area contributed by atoms with Crippen molar-refractivity contribution in [2.75, 3.05) is 0 Å². The molecule has 0 aromatic carbocycles. The van der Waals surface area contributed by atoms with Gasteiger partial charge in [0.2, 0.25) is 0 Å². The minimum Gasteiger partial charge on any atom is -0.0651 e. The maximum absolute atomic E-state index is 2.48. The van der Waals surface area contributed by atoms with E-state index in [0.717, 1.165) is 35.5 Å². The average molecular weight is 252 g/mol. The van der Waals surface area contributed by atoms with Crippen molar-refractivity contribution in [3.05, 3.63) is 0 Å². The van der Waals surface area contributed by atoms with Gasteiger partial charge in [-0.25, -0.2) is 0 Å². The Morgan fingerprint density at radius 3 is 1.72 bits per heavy atom.